The topological polar surface area (TPSA) is 24.5 Å². The first-order chi connectivity index (χ1) is 9.18. The molecule has 0 saturated heterocycles. The van der Waals surface area contributed by atoms with E-state index in [1.54, 1.807) is 7.11 Å². The number of methoxy groups -OCH3 is 1. The molecule has 3 rings (SSSR count). The summed E-state index contributed by atoms with van der Waals surface area (Å²) in [6.07, 6.45) is 5.30. The molecule has 0 atom stereocenters. The number of benzene rings is 1. The number of fused-ring (bicyclic) bond motifs is 1. The van der Waals surface area contributed by atoms with Crippen molar-refractivity contribution in [1.82, 2.24) is 0 Å². The van der Waals surface area contributed by atoms with Crippen molar-refractivity contribution in [3.8, 4) is 5.75 Å². The van der Waals surface area contributed by atoms with Gasteiger partial charge in [-0.15, -0.1) is 0 Å². The van der Waals surface area contributed by atoms with E-state index in [0.29, 0.717) is 11.6 Å². The first-order valence-electron chi connectivity index (χ1n) is 7.38. The predicted molar refractivity (Wildman–Crippen MR) is 80.3 cm³/mol. The minimum atomic E-state index is 0.313. The van der Waals surface area contributed by atoms with E-state index in [0.717, 1.165) is 18.0 Å². The zero-order valence-corrected chi connectivity index (χ0v) is 12.2. The van der Waals surface area contributed by atoms with Crippen molar-refractivity contribution in [1.29, 1.82) is 0 Å². The second kappa shape index (κ2) is 4.62. The maximum Gasteiger partial charge on any atom is 0.144 e. The van der Waals surface area contributed by atoms with Gasteiger partial charge in [-0.25, -0.2) is 0 Å². The lowest BCUT2D eigenvalue weighted by Gasteiger charge is -2.50. The standard InChI is InChI=1S/C16H24N2O/c1-12(2)18-13-7-6-8-14(19-3)15(13)17-11-16(18)9-4-5-10-16/h6-8,12,17H,4-5,9-11H2,1-3H3. The largest absolute Gasteiger partial charge is 0.495 e. The fraction of sp³-hybridized carbons (Fsp3) is 0.625. The van der Waals surface area contributed by atoms with Gasteiger partial charge < -0.3 is 15.0 Å². The molecule has 1 heterocycles. The van der Waals surface area contributed by atoms with Gasteiger partial charge in [0.05, 0.1) is 18.3 Å². The number of nitrogens with zero attached hydrogens (tertiary/aromatic N) is 1. The van der Waals surface area contributed by atoms with E-state index in [4.69, 9.17) is 4.74 Å². The van der Waals surface area contributed by atoms with Crippen LogP contribution in [0.4, 0.5) is 11.4 Å². The summed E-state index contributed by atoms with van der Waals surface area (Å²) in [7, 11) is 1.75. The maximum atomic E-state index is 5.50. The zero-order chi connectivity index (χ0) is 13.5. The van der Waals surface area contributed by atoms with Crippen LogP contribution in [0.15, 0.2) is 18.2 Å². The van der Waals surface area contributed by atoms with Gasteiger partial charge in [0.25, 0.3) is 0 Å². The molecule has 0 radical (unpaired) electrons. The quantitative estimate of drug-likeness (QED) is 0.878. The number of anilines is 2. The average molecular weight is 260 g/mol. The van der Waals surface area contributed by atoms with E-state index >= 15 is 0 Å². The van der Waals surface area contributed by atoms with Gasteiger partial charge in [-0.2, -0.15) is 0 Å². The lowest BCUT2D eigenvalue weighted by Crippen LogP contribution is -2.57. The molecule has 3 nitrogen and oxygen atoms in total. The SMILES string of the molecule is COc1cccc2c1NCC1(CCCC1)N2C(C)C. The number of ether oxygens (including phenoxy) is 1. The number of para-hydroxylation sites is 1. The average Bonchev–Trinajstić information content (AvgIpc) is 2.86. The smallest absolute Gasteiger partial charge is 0.144 e. The molecule has 1 N–H and O–H groups in total. The molecule has 0 aromatic heterocycles. The van der Waals surface area contributed by atoms with E-state index in [9.17, 15) is 0 Å². The van der Waals surface area contributed by atoms with E-state index in [-0.39, 0.29) is 0 Å². The normalized spacial score (nSPS) is 20.5. The monoisotopic (exact) mass is 260 g/mol. The third kappa shape index (κ3) is 1.87. The third-order valence-corrected chi connectivity index (χ3v) is 4.64. The summed E-state index contributed by atoms with van der Waals surface area (Å²) in [5, 5.41) is 3.63. The second-order valence-electron chi connectivity index (χ2n) is 6.10. The summed E-state index contributed by atoms with van der Waals surface area (Å²) < 4.78 is 5.50. The van der Waals surface area contributed by atoms with Crippen LogP contribution in [0.1, 0.15) is 39.5 Å². The van der Waals surface area contributed by atoms with Gasteiger partial charge >= 0.3 is 0 Å². The Morgan fingerprint density at radius 2 is 2.00 bits per heavy atom. The number of nitrogens with one attached hydrogen (secondary N) is 1. The van der Waals surface area contributed by atoms with Crippen molar-refractivity contribution in [3.63, 3.8) is 0 Å². The first-order valence-corrected chi connectivity index (χ1v) is 7.38. The van der Waals surface area contributed by atoms with Gasteiger partial charge in [0, 0.05) is 12.6 Å². The first kappa shape index (κ1) is 12.6. The van der Waals surface area contributed by atoms with Crippen molar-refractivity contribution in [2.45, 2.75) is 51.1 Å². The van der Waals surface area contributed by atoms with Crippen LogP contribution in [-0.2, 0) is 0 Å². The summed E-state index contributed by atoms with van der Waals surface area (Å²) in [6, 6.07) is 6.88. The lowest BCUT2D eigenvalue weighted by molar-refractivity contribution is 0.374. The number of hydrogen-bond acceptors (Lipinski definition) is 3. The molecule has 3 heteroatoms. The summed E-state index contributed by atoms with van der Waals surface area (Å²) in [4.78, 5) is 2.63. The van der Waals surface area contributed by atoms with Gasteiger partial charge in [-0.05, 0) is 38.8 Å². The van der Waals surface area contributed by atoms with Crippen molar-refractivity contribution >= 4 is 11.4 Å². The van der Waals surface area contributed by atoms with Crippen molar-refractivity contribution < 1.29 is 4.74 Å². The summed E-state index contributed by atoms with van der Waals surface area (Å²) in [5.74, 6) is 0.955. The van der Waals surface area contributed by atoms with Gasteiger partial charge in [0.15, 0.2) is 0 Å². The van der Waals surface area contributed by atoms with Crippen LogP contribution in [0.5, 0.6) is 5.75 Å². The van der Waals surface area contributed by atoms with Gasteiger partial charge in [0.1, 0.15) is 11.4 Å². The second-order valence-corrected chi connectivity index (χ2v) is 6.10. The van der Waals surface area contributed by atoms with Crippen LogP contribution < -0.4 is 15.0 Å². The molecule has 1 fully saturated rings. The molecule has 19 heavy (non-hydrogen) atoms. The Labute approximate surface area is 115 Å². The highest BCUT2D eigenvalue weighted by Crippen LogP contribution is 2.48. The van der Waals surface area contributed by atoms with Crippen LogP contribution in [0.3, 0.4) is 0 Å². The fourth-order valence-electron chi connectivity index (χ4n) is 3.94. The highest BCUT2D eigenvalue weighted by atomic mass is 16.5. The van der Waals surface area contributed by atoms with Crippen molar-refractivity contribution in [3.05, 3.63) is 18.2 Å². The number of hydrogen-bond donors (Lipinski definition) is 1. The van der Waals surface area contributed by atoms with Crippen LogP contribution in [-0.4, -0.2) is 25.2 Å². The van der Waals surface area contributed by atoms with Crippen molar-refractivity contribution in [2.75, 3.05) is 23.9 Å². The Morgan fingerprint density at radius 1 is 1.26 bits per heavy atom. The van der Waals surface area contributed by atoms with E-state index in [2.05, 4.69) is 36.2 Å². The van der Waals surface area contributed by atoms with Crippen LogP contribution in [0.25, 0.3) is 0 Å². The highest BCUT2D eigenvalue weighted by Gasteiger charge is 2.44. The zero-order valence-electron chi connectivity index (χ0n) is 12.2. The molecule has 1 aliphatic carbocycles. The van der Waals surface area contributed by atoms with Crippen LogP contribution in [0.2, 0.25) is 0 Å². The third-order valence-electron chi connectivity index (χ3n) is 4.64. The fourth-order valence-corrected chi connectivity index (χ4v) is 3.94. The summed E-state index contributed by atoms with van der Waals surface area (Å²) in [5.41, 5.74) is 2.78. The Kier molecular flexibility index (Phi) is 3.08. The Morgan fingerprint density at radius 3 is 2.63 bits per heavy atom. The van der Waals surface area contributed by atoms with Gasteiger partial charge in [-0.3, -0.25) is 0 Å². The van der Waals surface area contributed by atoms with Crippen LogP contribution in [0, 0.1) is 0 Å². The molecule has 2 aliphatic rings. The maximum absolute atomic E-state index is 5.50. The van der Waals surface area contributed by atoms with E-state index in [1.165, 1.54) is 31.4 Å². The minimum Gasteiger partial charge on any atom is -0.495 e. The van der Waals surface area contributed by atoms with Gasteiger partial charge in [-0.1, -0.05) is 18.9 Å². The molecule has 1 saturated carbocycles. The van der Waals surface area contributed by atoms with E-state index < -0.39 is 0 Å². The summed E-state index contributed by atoms with van der Waals surface area (Å²) >= 11 is 0. The molecular formula is C16H24N2O. The Bertz CT molecular complexity index is 464. The molecule has 1 aromatic carbocycles. The van der Waals surface area contributed by atoms with Crippen molar-refractivity contribution in [2.24, 2.45) is 0 Å². The summed E-state index contributed by atoms with van der Waals surface area (Å²) in [6.45, 7) is 5.64. The molecular weight excluding hydrogens is 236 g/mol. The predicted octanol–water partition coefficient (Wildman–Crippen LogP) is 3.65. The van der Waals surface area contributed by atoms with E-state index in [1.807, 2.05) is 6.07 Å². The lowest BCUT2D eigenvalue weighted by atomic mass is 9.89. The van der Waals surface area contributed by atoms with Gasteiger partial charge in [0.2, 0.25) is 0 Å². The highest BCUT2D eigenvalue weighted by molar-refractivity contribution is 5.80. The Balaban J connectivity index is 2.09. The number of rotatable bonds is 2. The molecule has 1 aliphatic heterocycles. The molecule has 0 bridgehead atoms. The Hall–Kier alpha value is -1.38. The molecule has 1 spiro atoms. The molecule has 104 valence electrons. The molecule has 0 unspecified atom stereocenters. The van der Waals surface area contributed by atoms with Crippen LogP contribution >= 0.6 is 0 Å². The minimum absolute atomic E-state index is 0.313. The molecule has 1 aromatic rings. The molecule has 0 amide bonds.